The van der Waals surface area contributed by atoms with Gasteiger partial charge in [-0.25, -0.2) is 4.39 Å². The van der Waals surface area contributed by atoms with E-state index in [1.165, 1.54) is 32.2 Å². The lowest BCUT2D eigenvalue weighted by Crippen LogP contribution is -2.51. The standard InChI is InChI=1S/C26H30FN3O6/c1-15(2)24(30-23(33)12-18-11-17(16(3)31)9-10-22(18)36-4)26(35)29-14-19(32)13-28-25(34)20-7-5-6-8-21(20)27/h5-11,15,24H,12-14H2,1-4H3,(H,28,34)(H,29,35)(H,30,33). The maximum absolute atomic E-state index is 13.7. The lowest BCUT2D eigenvalue weighted by Gasteiger charge is -2.22. The van der Waals surface area contributed by atoms with E-state index < -0.39 is 41.9 Å². The van der Waals surface area contributed by atoms with E-state index in [2.05, 4.69) is 16.0 Å². The van der Waals surface area contributed by atoms with E-state index in [1.54, 1.807) is 32.0 Å². The van der Waals surface area contributed by atoms with E-state index in [-0.39, 0.29) is 30.2 Å². The van der Waals surface area contributed by atoms with Crippen molar-refractivity contribution in [3.05, 3.63) is 65.0 Å². The molecule has 0 fully saturated rings. The zero-order valence-electron chi connectivity index (χ0n) is 20.6. The van der Waals surface area contributed by atoms with Crippen molar-refractivity contribution in [1.82, 2.24) is 16.0 Å². The minimum Gasteiger partial charge on any atom is -0.496 e. The molecule has 36 heavy (non-hydrogen) atoms. The second kappa shape index (κ2) is 13.1. The van der Waals surface area contributed by atoms with Crippen molar-refractivity contribution in [3.8, 4) is 5.75 Å². The molecule has 2 rings (SSSR count). The van der Waals surface area contributed by atoms with Crippen LogP contribution >= 0.6 is 0 Å². The van der Waals surface area contributed by atoms with Gasteiger partial charge in [0, 0.05) is 11.1 Å². The number of amides is 3. The van der Waals surface area contributed by atoms with Crippen LogP contribution in [0.2, 0.25) is 0 Å². The molecule has 192 valence electrons. The van der Waals surface area contributed by atoms with Crippen molar-refractivity contribution in [2.45, 2.75) is 33.2 Å². The first-order valence-corrected chi connectivity index (χ1v) is 11.3. The van der Waals surface area contributed by atoms with Gasteiger partial charge < -0.3 is 20.7 Å². The lowest BCUT2D eigenvalue weighted by atomic mass is 10.0. The predicted molar refractivity (Wildman–Crippen MR) is 130 cm³/mol. The molecule has 0 aliphatic carbocycles. The lowest BCUT2D eigenvalue weighted by molar-refractivity contribution is -0.130. The highest BCUT2D eigenvalue weighted by molar-refractivity contribution is 5.98. The van der Waals surface area contributed by atoms with Crippen LogP contribution in [0.1, 0.15) is 47.1 Å². The molecule has 1 atom stereocenters. The van der Waals surface area contributed by atoms with Gasteiger partial charge in [-0.3, -0.25) is 24.0 Å². The van der Waals surface area contributed by atoms with Crippen LogP contribution in [-0.2, 0) is 20.8 Å². The Morgan fingerprint density at radius 2 is 1.64 bits per heavy atom. The average molecular weight is 500 g/mol. The maximum atomic E-state index is 13.7. The Kier molecular flexibility index (Phi) is 10.3. The molecule has 0 heterocycles. The molecule has 0 saturated carbocycles. The Labute approximate surface area is 208 Å². The quantitative estimate of drug-likeness (QED) is 0.382. The van der Waals surface area contributed by atoms with E-state index in [0.29, 0.717) is 16.9 Å². The fraction of sp³-hybridized carbons (Fsp3) is 0.346. The van der Waals surface area contributed by atoms with Gasteiger partial charge in [0.2, 0.25) is 11.8 Å². The Balaban J connectivity index is 1.92. The zero-order valence-corrected chi connectivity index (χ0v) is 20.6. The van der Waals surface area contributed by atoms with Crippen LogP contribution in [0.5, 0.6) is 5.75 Å². The van der Waals surface area contributed by atoms with Gasteiger partial charge in [-0.15, -0.1) is 0 Å². The number of methoxy groups -OCH3 is 1. The van der Waals surface area contributed by atoms with Crippen molar-refractivity contribution in [1.29, 1.82) is 0 Å². The highest BCUT2D eigenvalue weighted by Gasteiger charge is 2.25. The Morgan fingerprint density at radius 1 is 0.972 bits per heavy atom. The molecule has 0 aliphatic rings. The van der Waals surface area contributed by atoms with Crippen LogP contribution in [0, 0.1) is 11.7 Å². The summed E-state index contributed by atoms with van der Waals surface area (Å²) < 4.78 is 18.9. The van der Waals surface area contributed by atoms with Gasteiger partial charge in [-0.2, -0.15) is 0 Å². The van der Waals surface area contributed by atoms with Crippen molar-refractivity contribution >= 4 is 29.3 Å². The van der Waals surface area contributed by atoms with Crippen LogP contribution in [0.3, 0.4) is 0 Å². The minimum absolute atomic E-state index is 0.123. The van der Waals surface area contributed by atoms with Crippen LogP contribution < -0.4 is 20.7 Å². The van der Waals surface area contributed by atoms with Crippen LogP contribution in [0.25, 0.3) is 0 Å². The summed E-state index contributed by atoms with van der Waals surface area (Å²) in [6.07, 6.45) is -0.123. The average Bonchev–Trinajstić information content (AvgIpc) is 2.84. The topological polar surface area (TPSA) is 131 Å². The summed E-state index contributed by atoms with van der Waals surface area (Å²) in [7, 11) is 1.45. The number of halogens is 1. The highest BCUT2D eigenvalue weighted by Crippen LogP contribution is 2.21. The largest absolute Gasteiger partial charge is 0.496 e. The first-order valence-electron chi connectivity index (χ1n) is 11.3. The predicted octanol–water partition coefficient (Wildman–Crippen LogP) is 1.84. The Bertz CT molecular complexity index is 1150. The molecule has 1 unspecified atom stereocenters. The first-order chi connectivity index (χ1) is 17.0. The van der Waals surface area contributed by atoms with E-state index in [4.69, 9.17) is 4.74 Å². The summed E-state index contributed by atoms with van der Waals surface area (Å²) in [5.41, 5.74) is 0.728. The number of ketones is 2. The normalized spacial score (nSPS) is 11.4. The number of hydrogen-bond acceptors (Lipinski definition) is 6. The van der Waals surface area contributed by atoms with Gasteiger partial charge in [0.05, 0.1) is 32.2 Å². The SMILES string of the molecule is COc1ccc(C(C)=O)cc1CC(=O)NC(C(=O)NCC(=O)CNC(=O)c1ccccc1F)C(C)C. The van der Waals surface area contributed by atoms with E-state index in [9.17, 15) is 28.4 Å². The third-order valence-electron chi connectivity index (χ3n) is 5.33. The van der Waals surface area contributed by atoms with Gasteiger partial charge >= 0.3 is 0 Å². The summed E-state index contributed by atoms with van der Waals surface area (Å²) in [6, 6.07) is 9.20. The molecular formula is C26H30FN3O6. The molecule has 0 aliphatic heterocycles. The van der Waals surface area contributed by atoms with Gasteiger partial charge in [-0.1, -0.05) is 26.0 Å². The first kappa shape index (κ1) is 28.2. The fourth-order valence-corrected chi connectivity index (χ4v) is 3.35. The Morgan fingerprint density at radius 3 is 2.25 bits per heavy atom. The summed E-state index contributed by atoms with van der Waals surface area (Å²) in [5, 5.41) is 7.42. The molecule has 3 amide bonds. The zero-order chi connectivity index (χ0) is 26.8. The van der Waals surface area contributed by atoms with Gasteiger partial charge in [0.15, 0.2) is 11.6 Å². The van der Waals surface area contributed by atoms with Crippen LogP contribution in [0.15, 0.2) is 42.5 Å². The van der Waals surface area contributed by atoms with Gasteiger partial charge in [0.1, 0.15) is 17.6 Å². The monoisotopic (exact) mass is 499 g/mol. The number of ether oxygens (including phenoxy) is 1. The second-order valence-corrected chi connectivity index (χ2v) is 8.47. The minimum atomic E-state index is -0.930. The molecule has 2 aromatic rings. The number of hydrogen-bond donors (Lipinski definition) is 3. The smallest absolute Gasteiger partial charge is 0.254 e. The Hall–Kier alpha value is -4.08. The number of Topliss-reactive ketones (excluding diaryl/α,β-unsaturated/α-hetero) is 2. The highest BCUT2D eigenvalue weighted by atomic mass is 19.1. The van der Waals surface area contributed by atoms with Crippen LogP contribution in [-0.4, -0.2) is 55.5 Å². The summed E-state index contributed by atoms with van der Waals surface area (Å²) in [5.74, 6) is -3.02. The third kappa shape index (κ3) is 8.00. The molecule has 9 nitrogen and oxygen atoms in total. The maximum Gasteiger partial charge on any atom is 0.254 e. The number of carbonyl (C=O) groups is 5. The molecule has 0 spiro atoms. The molecular weight excluding hydrogens is 469 g/mol. The third-order valence-corrected chi connectivity index (χ3v) is 5.33. The molecule has 0 bridgehead atoms. The summed E-state index contributed by atoms with van der Waals surface area (Å²) in [4.78, 5) is 61.2. The van der Waals surface area contributed by atoms with Crippen LogP contribution in [0.4, 0.5) is 4.39 Å². The molecule has 0 aromatic heterocycles. The summed E-state index contributed by atoms with van der Waals surface area (Å²) in [6.45, 7) is 4.09. The van der Waals surface area contributed by atoms with Gasteiger partial charge in [0.25, 0.3) is 5.91 Å². The van der Waals surface area contributed by atoms with Crippen molar-refractivity contribution in [2.24, 2.45) is 5.92 Å². The molecule has 0 radical (unpaired) electrons. The second-order valence-electron chi connectivity index (χ2n) is 8.47. The number of carbonyl (C=O) groups excluding carboxylic acids is 5. The fourth-order valence-electron chi connectivity index (χ4n) is 3.35. The van der Waals surface area contributed by atoms with E-state index >= 15 is 0 Å². The van der Waals surface area contributed by atoms with Crippen molar-refractivity contribution < 1.29 is 33.1 Å². The van der Waals surface area contributed by atoms with E-state index in [1.807, 2.05) is 0 Å². The number of rotatable bonds is 12. The number of nitrogens with one attached hydrogen (secondary N) is 3. The molecule has 3 N–H and O–H groups in total. The van der Waals surface area contributed by atoms with Crippen molar-refractivity contribution in [2.75, 3.05) is 20.2 Å². The van der Waals surface area contributed by atoms with Crippen molar-refractivity contribution in [3.63, 3.8) is 0 Å². The molecule has 0 saturated heterocycles. The summed E-state index contributed by atoms with van der Waals surface area (Å²) >= 11 is 0. The molecule has 10 heteroatoms. The van der Waals surface area contributed by atoms with Gasteiger partial charge in [-0.05, 0) is 43.2 Å². The van der Waals surface area contributed by atoms with E-state index in [0.717, 1.165) is 6.07 Å². The number of benzene rings is 2. The molecule has 2 aromatic carbocycles.